The Morgan fingerprint density at radius 2 is 1.42 bits per heavy atom. The summed E-state index contributed by atoms with van der Waals surface area (Å²) in [5, 5.41) is 17.0. The molecule has 4 N–H and O–H groups in total. The third-order valence-electron chi connectivity index (χ3n) is 7.00. The molecule has 0 saturated heterocycles. The number of aromatic carboxylic acids is 1. The van der Waals surface area contributed by atoms with Gasteiger partial charge in [0.25, 0.3) is 11.8 Å². The van der Waals surface area contributed by atoms with E-state index in [4.69, 9.17) is 19.3 Å². The zero-order chi connectivity index (χ0) is 34.6. The van der Waals surface area contributed by atoms with Crippen LogP contribution in [0.1, 0.15) is 39.6 Å². The molecule has 12 heteroatoms. The zero-order valence-electron chi connectivity index (χ0n) is 26.7. The van der Waals surface area contributed by atoms with Crippen molar-refractivity contribution in [2.24, 2.45) is 0 Å². The zero-order valence-corrected chi connectivity index (χ0v) is 27.6. The number of anilines is 2. The fourth-order valence-electron chi connectivity index (χ4n) is 4.51. The van der Waals surface area contributed by atoms with Crippen LogP contribution in [0.5, 0.6) is 17.2 Å². The van der Waals surface area contributed by atoms with Crippen molar-refractivity contribution >= 4 is 52.9 Å². The van der Waals surface area contributed by atoms with Crippen LogP contribution in [0.2, 0.25) is 0 Å². The van der Waals surface area contributed by atoms with Gasteiger partial charge < -0.3 is 35.3 Å². The van der Waals surface area contributed by atoms with Crippen molar-refractivity contribution in [1.82, 2.24) is 5.32 Å². The minimum absolute atomic E-state index is 0.0628. The van der Waals surface area contributed by atoms with Gasteiger partial charge in [-0.3, -0.25) is 14.4 Å². The summed E-state index contributed by atoms with van der Waals surface area (Å²) in [5.74, 6) is -1.19. The van der Waals surface area contributed by atoms with E-state index in [0.717, 1.165) is 4.90 Å². The van der Waals surface area contributed by atoms with E-state index in [-0.39, 0.29) is 17.2 Å². The number of thioether (sulfide) groups is 1. The SMILES string of the molecule is CCC(Sc1cccc(NC(=O)/C(=C\c2cc(OC)c(OC)cc2OC)NC(=O)c2ccccc2)c1)C(=O)Nc1ccc(C(=O)O)cc1. The molecule has 3 amide bonds. The molecule has 0 heterocycles. The van der Waals surface area contributed by atoms with Crippen molar-refractivity contribution in [3.8, 4) is 17.2 Å². The Labute approximate surface area is 282 Å². The third kappa shape index (κ3) is 9.17. The predicted molar refractivity (Wildman–Crippen MR) is 185 cm³/mol. The average molecular weight is 670 g/mol. The minimum atomic E-state index is -1.05. The Kier molecular flexibility index (Phi) is 12.2. The fourth-order valence-corrected chi connectivity index (χ4v) is 5.53. The second-order valence-corrected chi connectivity index (χ2v) is 11.5. The van der Waals surface area contributed by atoms with E-state index in [1.54, 1.807) is 60.7 Å². The molecule has 1 unspecified atom stereocenters. The Bertz CT molecular complexity index is 1810. The van der Waals surface area contributed by atoms with Crippen LogP contribution in [-0.2, 0) is 9.59 Å². The van der Waals surface area contributed by atoms with Crippen molar-refractivity contribution in [1.29, 1.82) is 0 Å². The van der Waals surface area contributed by atoms with E-state index < -0.39 is 23.0 Å². The molecule has 0 fully saturated rings. The molecule has 1 atom stereocenters. The highest BCUT2D eigenvalue weighted by Crippen LogP contribution is 2.36. The standard InChI is InChI=1S/C36H35N3O8S/c1-5-32(35(42)37-25-16-14-23(15-17-25)36(43)44)48-27-13-9-12-26(20-27)38-34(41)28(39-33(40)22-10-7-6-8-11-22)18-24-19-30(46-3)31(47-4)21-29(24)45-2/h6-21,32H,5H2,1-4H3,(H,37,42)(H,38,41)(H,39,40)(H,43,44)/b28-18+. The van der Waals surface area contributed by atoms with Crippen LogP contribution in [-0.4, -0.2) is 55.4 Å². The Balaban J connectivity index is 1.57. The lowest BCUT2D eigenvalue weighted by atomic mass is 10.1. The Morgan fingerprint density at radius 1 is 0.750 bits per heavy atom. The number of carbonyl (C=O) groups is 4. The van der Waals surface area contributed by atoms with Gasteiger partial charge in [-0.05, 0) is 73.2 Å². The molecule has 0 aliphatic carbocycles. The number of carboxylic acid groups (broad SMARTS) is 1. The Hall–Kier alpha value is -5.75. The van der Waals surface area contributed by atoms with Crippen molar-refractivity contribution in [2.75, 3.05) is 32.0 Å². The molecular formula is C36H35N3O8S. The summed E-state index contributed by atoms with van der Waals surface area (Å²) in [6.45, 7) is 1.88. The number of ether oxygens (including phenoxy) is 3. The molecule has 0 saturated carbocycles. The lowest BCUT2D eigenvalue weighted by molar-refractivity contribution is -0.116. The maximum absolute atomic E-state index is 13.7. The molecular weight excluding hydrogens is 634 g/mol. The molecule has 0 aromatic heterocycles. The van der Waals surface area contributed by atoms with E-state index in [2.05, 4.69) is 16.0 Å². The summed E-state index contributed by atoms with van der Waals surface area (Å²) in [6, 6.07) is 24.6. The molecule has 4 aromatic rings. The number of benzene rings is 4. The number of hydrogen-bond acceptors (Lipinski definition) is 8. The first-order valence-electron chi connectivity index (χ1n) is 14.8. The second-order valence-electron chi connectivity index (χ2n) is 10.2. The van der Waals surface area contributed by atoms with Crippen LogP contribution >= 0.6 is 11.8 Å². The summed E-state index contributed by atoms with van der Waals surface area (Å²) >= 11 is 1.31. The van der Waals surface area contributed by atoms with Gasteiger partial charge in [0.15, 0.2) is 11.5 Å². The normalized spacial score (nSPS) is 11.5. The Morgan fingerprint density at radius 3 is 2.04 bits per heavy atom. The van der Waals surface area contributed by atoms with E-state index in [0.29, 0.717) is 46.2 Å². The fraction of sp³-hybridized carbons (Fsp3) is 0.167. The number of carboxylic acids is 1. The van der Waals surface area contributed by atoms with Crippen molar-refractivity contribution in [3.05, 3.63) is 113 Å². The lowest BCUT2D eigenvalue weighted by Gasteiger charge is -2.16. The molecule has 11 nitrogen and oxygen atoms in total. The van der Waals surface area contributed by atoms with E-state index in [1.165, 1.54) is 63.4 Å². The van der Waals surface area contributed by atoms with Gasteiger partial charge in [0.1, 0.15) is 11.4 Å². The molecule has 4 aromatic carbocycles. The summed E-state index contributed by atoms with van der Waals surface area (Å²) in [4.78, 5) is 51.8. The highest BCUT2D eigenvalue weighted by Gasteiger charge is 2.21. The largest absolute Gasteiger partial charge is 0.496 e. The molecule has 4 rings (SSSR count). The lowest BCUT2D eigenvalue weighted by Crippen LogP contribution is -2.30. The second kappa shape index (κ2) is 16.7. The number of rotatable bonds is 14. The molecule has 0 aliphatic rings. The van der Waals surface area contributed by atoms with E-state index >= 15 is 0 Å². The maximum Gasteiger partial charge on any atom is 0.335 e. The quantitative estimate of drug-likeness (QED) is 0.0892. The molecule has 48 heavy (non-hydrogen) atoms. The van der Waals surface area contributed by atoms with Crippen LogP contribution in [0.25, 0.3) is 6.08 Å². The van der Waals surface area contributed by atoms with Crippen LogP contribution in [0.15, 0.2) is 102 Å². The number of methoxy groups -OCH3 is 3. The first-order valence-corrected chi connectivity index (χ1v) is 15.6. The van der Waals surface area contributed by atoms with Crippen LogP contribution in [0.4, 0.5) is 11.4 Å². The number of amides is 3. The first kappa shape index (κ1) is 35.1. The summed E-state index contributed by atoms with van der Waals surface area (Å²) < 4.78 is 16.3. The van der Waals surface area contributed by atoms with Gasteiger partial charge in [0.2, 0.25) is 5.91 Å². The number of nitrogens with one attached hydrogen (secondary N) is 3. The van der Waals surface area contributed by atoms with Gasteiger partial charge in [-0.1, -0.05) is 31.2 Å². The smallest absolute Gasteiger partial charge is 0.335 e. The van der Waals surface area contributed by atoms with E-state index in [9.17, 15) is 19.2 Å². The van der Waals surface area contributed by atoms with Crippen LogP contribution < -0.4 is 30.2 Å². The average Bonchev–Trinajstić information content (AvgIpc) is 3.10. The monoisotopic (exact) mass is 669 g/mol. The van der Waals surface area contributed by atoms with Gasteiger partial charge in [0, 0.05) is 33.5 Å². The first-order chi connectivity index (χ1) is 23.1. The van der Waals surface area contributed by atoms with Gasteiger partial charge in [-0.2, -0.15) is 0 Å². The van der Waals surface area contributed by atoms with Crippen molar-refractivity contribution in [2.45, 2.75) is 23.5 Å². The van der Waals surface area contributed by atoms with Crippen molar-refractivity contribution in [3.63, 3.8) is 0 Å². The third-order valence-corrected chi connectivity index (χ3v) is 8.36. The highest BCUT2D eigenvalue weighted by molar-refractivity contribution is 8.00. The van der Waals surface area contributed by atoms with Gasteiger partial charge in [-0.25, -0.2) is 4.79 Å². The van der Waals surface area contributed by atoms with Crippen LogP contribution in [0, 0.1) is 0 Å². The molecule has 248 valence electrons. The van der Waals surface area contributed by atoms with Crippen LogP contribution in [0.3, 0.4) is 0 Å². The number of carbonyl (C=O) groups excluding carboxylic acids is 3. The predicted octanol–water partition coefficient (Wildman–Crippen LogP) is 6.33. The summed E-state index contributed by atoms with van der Waals surface area (Å²) in [7, 11) is 4.46. The summed E-state index contributed by atoms with van der Waals surface area (Å²) in [5.41, 5.74) is 1.78. The highest BCUT2D eigenvalue weighted by atomic mass is 32.2. The minimum Gasteiger partial charge on any atom is -0.496 e. The molecule has 0 radical (unpaired) electrons. The topological polar surface area (TPSA) is 152 Å². The van der Waals surface area contributed by atoms with Gasteiger partial charge in [-0.15, -0.1) is 11.8 Å². The number of hydrogen-bond donors (Lipinski definition) is 4. The van der Waals surface area contributed by atoms with Gasteiger partial charge >= 0.3 is 5.97 Å². The van der Waals surface area contributed by atoms with Crippen molar-refractivity contribution < 1.29 is 38.5 Å². The molecule has 0 spiro atoms. The molecule has 0 aliphatic heterocycles. The summed E-state index contributed by atoms with van der Waals surface area (Å²) in [6.07, 6.45) is 1.99. The molecule has 0 bridgehead atoms. The van der Waals surface area contributed by atoms with Gasteiger partial charge in [0.05, 0.1) is 32.1 Å². The maximum atomic E-state index is 13.7. The van der Waals surface area contributed by atoms with E-state index in [1.807, 2.05) is 13.0 Å².